The molecule has 1 N–H and O–H groups in total. The Morgan fingerprint density at radius 1 is 1.40 bits per heavy atom. The number of piperidine rings is 1. The van der Waals surface area contributed by atoms with Crippen molar-refractivity contribution < 1.29 is 4.92 Å². The number of likely N-dealkylation sites (tertiary alicyclic amines) is 1. The number of aromatic nitrogens is 2. The minimum atomic E-state index is -0.359. The second-order valence-electron chi connectivity index (χ2n) is 6.13. The van der Waals surface area contributed by atoms with Crippen molar-refractivity contribution in [2.75, 3.05) is 32.0 Å². The fraction of sp³-hybridized carbons (Fsp3) is 0.769. The van der Waals surface area contributed by atoms with E-state index in [-0.39, 0.29) is 16.0 Å². The third-order valence-electron chi connectivity index (χ3n) is 4.25. The Hall–Kier alpha value is -1.63. The number of nitro groups is 1. The van der Waals surface area contributed by atoms with Crippen LogP contribution >= 0.6 is 0 Å². The largest absolute Gasteiger partial charge is 0.364 e. The monoisotopic (exact) mass is 281 g/mol. The molecule has 0 bridgehead atoms. The van der Waals surface area contributed by atoms with Crippen molar-refractivity contribution in [2.45, 2.75) is 26.7 Å². The normalized spacial score (nSPS) is 19.0. The first-order chi connectivity index (χ1) is 9.32. The van der Waals surface area contributed by atoms with Crippen molar-refractivity contribution in [2.24, 2.45) is 12.5 Å². The van der Waals surface area contributed by atoms with Crippen LogP contribution in [-0.2, 0) is 7.05 Å². The van der Waals surface area contributed by atoms with Crippen LogP contribution in [-0.4, -0.2) is 46.3 Å². The van der Waals surface area contributed by atoms with Crippen LogP contribution in [0.1, 0.15) is 25.5 Å². The number of aryl methyl sites for hydroxylation is 2. The van der Waals surface area contributed by atoms with E-state index in [1.54, 1.807) is 18.7 Å². The van der Waals surface area contributed by atoms with E-state index in [4.69, 9.17) is 0 Å². The number of nitrogens with one attached hydrogen (secondary N) is 1. The number of hydrogen-bond acceptors (Lipinski definition) is 5. The first-order valence-electron chi connectivity index (χ1n) is 6.93. The molecular weight excluding hydrogens is 258 g/mol. The molecule has 112 valence electrons. The molecule has 1 aromatic heterocycles. The van der Waals surface area contributed by atoms with Gasteiger partial charge in [-0.05, 0) is 45.3 Å². The van der Waals surface area contributed by atoms with Crippen LogP contribution in [0.3, 0.4) is 0 Å². The van der Waals surface area contributed by atoms with Gasteiger partial charge in [-0.25, -0.2) is 4.68 Å². The number of anilines is 1. The fourth-order valence-corrected chi connectivity index (χ4v) is 2.70. The number of rotatable bonds is 4. The van der Waals surface area contributed by atoms with Gasteiger partial charge in [-0.15, -0.1) is 0 Å². The molecular formula is C13H23N5O2. The average molecular weight is 281 g/mol. The first kappa shape index (κ1) is 14.8. The van der Waals surface area contributed by atoms with Gasteiger partial charge in [0.1, 0.15) is 5.69 Å². The predicted molar refractivity (Wildman–Crippen MR) is 77.9 cm³/mol. The molecule has 7 heteroatoms. The van der Waals surface area contributed by atoms with E-state index in [9.17, 15) is 10.1 Å². The first-order valence-corrected chi connectivity index (χ1v) is 6.93. The highest BCUT2D eigenvalue weighted by Gasteiger charge is 2.31. The third kappa shape index (κ3) is 2.92. The van der Waals surface area contributed by atoms with Crippen molar-refractivity contribution in [3.63, 3.8) is 0 Å². The van der Waals surface area contributed by atoms with Gasteiger partial charge < -0.3 is 10.2 Å². The summed E-state index contributed by atoms with van der Waals surface area (Å²) in [6.45, 7) is 6.79. The lowest BCUT2D eigenvalue weighted by molar-refractivity contribution is -0.384. The molecule has 1 aromatic rings. The van der Waals surface area contributed by atoms with Crippen molar-refractivity contribution >= 4 is 11.5 Å². The van der Waals surface area contributed by atoms with Crippen LogP contribution in [0, 0.1) is 22.5 Å². The molecule has 0 saturated carbocycles. The average Bonchev–Trinajstić information content (AvgIpc) is 2.66. The van der Waals surface area contributed by atoms with Crippen LogP contribution in [0.4, 0.5) is 11.5 Å². The molecule has 2 heterocycles. The highest BCUT2D eigenvalue weighted by Crippen LogP contribution is 2.33. The Bertz CT molecular complexity index is 503. The van der Waals surface area contributed by atoms with Gasteiger partial charge >= 0.3 is 5.69 Å². The second-order valence-corrected chi connectivity index (χ2v) is 6.13. The van der Waals surface area contributed by atoms with Crippen LogP contribution < -0.4 is 5.32 Å². The van der Waals surface area contributed by atoms with Gasteiger partial charge in [0.15, 0.2) is 0 Å². The second kappa shape index (κ2) is 5.40. The zero-order valence-corrected chi connectivity index (χ0v) is 12.6. The maximum absolute atomic E-state index is 11.1. The molecule has 0 amide bonds. The van der Waals surface area contributed by atoms with Crippen molar-refractivity contribution in [3.8, 4) is 0 Å². The Labute approximate surface area is 119 Å². The maximum Gasteiger partial charge on any atom is 0.333 e. The Morgan fingerprint density at radius 3 is 2.55 bits per heavy atom. The lowest BCUT2D eigenvalue weighted by Crippen LogP contribution is -2.40. The quantitative estimate of drug-likeness (QED) is 0.672. The highest BCUT2D eigenvalue weighted by molar-refractivity contribution is 5.59. The molecule has 0 spiro atoms. The molecule has 1 aliphatic heterocycles. The van der Waals surface area contributed by atoms with Gasteiger partial charge in [0, 0.05) is 13.6 Å². The van der Waals surface area contributed by atoms with Crippen molar-refractivity contribution in [1.29, 1.82) is 0 Å². The summed E-state index contributed by atoms with van der Waals surface area (Å²) in [6, 6.07) is 0. The Balaban J connectivity index is 2.09. The van der Waals surface area contributed by atoms with Crippen LogP contribution in [0.5, 0.6) is 0 Å². The van der Waals surface area contributed by atoms with Gasteiger partial charge in [-0.2, -0.15) is 5.10 Å². The van der Waals surface area contributed by atoms with E-state index in [0.29, 0.717) is 11.5 Å². The summed E-state index contributed by atoms with van der Waals surface area (Å²) in [4.78, 5) is 13.1. The summed E-state index contributed by atoms with van der Waals surface area (Å²) in [5, 5.41) is 18.5. The van der Waals surface area contributed by atoms with Crippen LogP contribution in [0.2, 0.25) is 0 Å². The molecule has 1 fully saturated rings. The molecule has 7 nitrogen and oxygen atoms in total. The van der Waals surface area contributed by atoms with Gasteiger partial charge in [0.05, 0.1) is 4.92 Å². The van der Waals surface area contributed by atoms with E-state index in [2.05, 4.69) is 29.3 Å². The van der Waals surface area contributed by atoms with Gasteiger partial charge in [-0.3, -0.25) is 10.1 Å². The maximum atomic E-state index is 11.1. The molecule has 0 unspecified atom stereocenters. The summed E-state index contributed by atoms with van der Waals surface area (Å²) in [5.41, 5.74) is 0.719. The van der Waals surface area contributed by atoms with Gasteiger partial charge in [0.25, 0.3) is 0 Å². The fourth-order valence-electron chi connectivity index (χ4n) is 2.70. The zero-order valence-electron chi connectivity index (χ0n) is 12.6. The molecule has 0 atom stereocenters. The van der Waals surface area contributed by atoms with Gasteiger partial charge in [0.2, 0.25) is 5.82 Å². The smallest absolute Gasteiger partial charge is 0.333 e. The SMILES string of the molecule is Cc1nn(C)c(NCC2(C)CCN(C)CC2)c1[N+](=O)[O-]. The van der Waals surface area contributed by atoms with Crippen LogP contribution in [0.25, 0.3) is 0 Å². The summed E-state index contributed by atoms with van der Waals surface area (Å²) in [5.74, 6) is 0.507. The molecule has 0 aliphatic carbocycles. The number of hydrogen-bond donors (Lipinski definition) is 1. The highest BCUT2D eigenvalue weighted by atomic mass is 16.6. The van der Waals surface area contributed by atoms with Crippen molar-refractivity contribution in [1.82, 2.24) is 14.7 Å². The van der Waals surface area contributed by atoms with E-state index in [0.717, 1.165) is 32.5 Å². The van der Waals surface area contributed by atoms with E-state index in [1.807, 2.05) is 0 Å². The van der Waals surface area contributed by atoms with Gasteiger partial charge in [-0.1, -0.05) is 6.92 Å². The minimum Gasteiger partial charge on any atom is -0.364 e. The molecule has 1 aliphatic rings. The summed E-state index contributed by atoms with van der Waals surface area (Å²) < 4.78 is 1.56. The molecule has 0 aromatic carbocycles. The van der Waals surface area contributed by atoms with Crippen LogP contribution in [0.15, 0.2) is 0 Å². The molecule has 2 rings (SSSR count). The number of nitrogens with zero attached hydrogens (tertiary/aromatic N) is 4. The molecule has 20 heavy (non-hydrogen) atoms. The third-order valence-corrected chi connectivity index (χ3v) is 4.25. The molecule has 0 radical (unpaired) electrons. The van der Waals surface area contributed by atoms with E-state index >= 15 is 0 Å². The Morgan fingerprint density at radius 2 is 2.00 bits per heavy atom. The zero-order chi connectivity index (χ0) is 14.9. The summed E-state index contributed by atoms with van der Waals surface area (Å²) in [7, 11) is 3.86. The summed E-state index contributed by atoms with van der Waals surface area (Å²) >= 11 is 0. The van der Waals surface area contributed by atoms with Crippen molar-refractivity contribution in [3.05, 3.63) is 15.8 Å². The van der Waals surface area contributed by atoms with E-state index in [1.165, 1.54) is 0 Å². The van der Waals surface area contributed by atoms with E-state index < -0.39 is 0 Å². The topological polar surface area (TPSA) is 76.2 Å². The predicted octanol–water partition coefficient (Wildman–Crippen LogP) is 1.78. The lowest BCUT2D eigenvalue weighted by atomic mass is 9.80. The molecule has 1 saturated heterocycles. The Kier molecular flexibility index (Phi) is 3.99. The minimum absolute atomic E-state index is 0.0871. The lowest BCUT2D eigenvalue weighted by Gasteiger charge is -2.38. The summed E-state index contributed by atoms with van der Waals surface area (Å²) in [6.07, 6.45) is 2.20. The standard InChI is InChI=1S/C13H23N5O2/c1-10-11(18(19)20)12(17(4)15-10)14-9-13(2)5-7-16(3)8-6-13/h14H,5-9H2,1-4H3.